The lowest BCUT2D eigenvalue weighted by atomic mass is 10.0. The summed E-state index contributed by atoms with van der Waals surface area (Å²) in [5.74, 6) is 3.27. The molecular formula is C18H21N7. The summed E-state index contributed by atoms with van der Waals surface area (Å²) in [6, 6.07) is 6.06. The first-order chi connectivity index (χ1) is 12.2. The van der Waals surface area contributed by atoms with E-state index in [0.717, 1.165) is 43.5 Å². The summed E-state index contributed by atoms with van der Waals surface area (Å²) in [7, 11) is 0. The standard InChI is InChI=1S/C18H21N7/c1-12(2)16-5-17(21-11-20-16)24-7-14-9-25(10-15(14)8-24)18-13(6-19)3-4-22-23-18/h3-5,11-12,14-15H,7-10H2,1-2H3. The van der Waals surface area contributed by atoms with Crippen LogP contribution in [0.5, 0.6) is 0 Å². The van der Waals surface area contributed by atoms with Crippen molar-refractivity contribution < 1.29 is 0 Å². The molecule has 7 nitrogen and oxygen atoms in total. The Bertz CT molecular complexity index is 799. The molecule has 2 aromatic heterocycles. The molecule has 4 rings (SSSR count). The molecule has 2 fully saturated rings. The highest BCUT2D eigenvalue weighted by molar-refractivity contribution is 5.54. The molecule has 2 aliphatic heterocycles. The summed E-state index contributed by atoms with van der Waals surface area (Å²) < 4.78 is 0. The Morgan fingerprint density at radius 2 is 1.84 bits per heavy atom. The quantitative estimate of drug-likeness (QED) is 0.846. The molecule has 0 radical (unpaired) electrons. The van der Waals surface area contributed by atoms with Gasteiger partial charge >= 0.3 is 0 Å². The van der Waals surface area contributed by atoms with Gasteiger partial charge in [-0.05, 0) is 12.0 Å². The van der Waals surface area contributed by atoms with E-state index in [9.17, 15) is 5.26 Å². The lowest BCUT2D eigenvalue weighted by Gasteiger charge is -2.23. The molecule has 2 atom stereocenters. The third kappa shape index (κ3) is 2.88. The zero-order valence-corrected chi connectivity index (χ0v) is 14.5. The molecule has 0 N–H and O–H groups in total. The van der Waals surface area contributed by atoms with Crippen LogP contribution in [0.3, 0.4) is 0 Å². The van der Waals surface area contributed by atoms with Crippen molar-refractivity contribution in [2.24, 2.45) is 11.8 Å². The zero-order valence-electron chi connectivity index (χ0n) is 14.5. The maximum atomic E-state index is 9.28. The summed E-state index contributed by atoms with van der Waals surface area (Å²) >= 11 is 0. The van der Waals surface area contributed by atoms with Crippen LogP contribution in [-0.4, -0.2) is 46.3 Å². The Morgan fingerprint density at radius 1 is 1.12 bits per heavy atom. The highest BCUT2D eigenvalue weighted by Crippen LogP contribution is 2.35. The monoisotopic (exact) mass is 335 g/mol. The van der Waals surface area contributed by atoms with Crippen LogP contribution in [0.2, 0.25) is 0 Å². The Balaban J connectivity index is 1.48. The Kier molecular flexibility index (Phi) is 3.96. The van der Waals surface area contributed by atoms with E-state index in [1.54, 1.807) is 18.6 Å². The van der Waals surface area contributed by atoms with E-state index in [2.05, 4.69) is 55.9 Å². The number of rotatable bonds is 3. The van der Waals surface area contributed by atoms with Gasteiger partial charge in [0.05, 0.1) is 11.8 Å². The fourth-order valence-electron chi connectivity index (χ4n) is 3.85. The summed E-state index contributed by atoms with van der Waals surface area (Å²) in [6.07, 6.45) is 3.24. The van der Waals surface area contributed by atoms with E-state index in [4.69, 9.17) is 0 Å². The summed E-state index contributed by atoms with van der Waals surface area (Å²) in [5, 5.41) is 17.4. The highest BCUT2D eigenvalue weighted by Gasteiger charge is 2.41. The number of nitrogens with zero attached hydrogens (tertiary/aromatic N) is 7. The number of nitriles is 1. The van der Waals surface area contributed by atoms with Crippen molar-refractivity contribution in [2.45, 2.75) is 19.8 Å². The smallest absolute Gasteiger partial charge is 0.169 e. The first-order valence-electron chi connectivity index (χ1n) is 8.69. The van der Waals surface area contributed by atoms with Crippen LogP contribution in [0.15, 0.2) is 24.7 Å². The molecule has 0 spiro atoms. The van der Waals surface area contributed by atoms with Crippen molar-refractivity contribution in [2.75, 3.05) is 36.0 Å². The largest absolute Gasteiger partial charge is 0.356 e. The normalized spacial score (nSPS) is 22.3. The maximum absolute atomic E-state index is 9.28. The molecule has 0 aliphatic carbocycles. The van der Waals surface area contributed by atoms with Gasteiger partial charge in [0.25, 0.3) is 0 Å². The number of aromatic nitrogens is 4. The second-order valence-electron chi connectivity index (χ2n) is 7.17. The fourth-order valence-corrected chi connectivity index (χ4v) is 3.85. The first-order valence-corrected chi connectivity index (χ1v) is 8.69. The molecule has 2 aliphatic rings. The molecule has 2 aromatic rings. The van der Waals surface area contributed by atoms with Gasteiger partial charge in [-0.25, -0.2) is 9.97 Å². The van der Waals surface area contributed by atoms with E-state index < -0.39 is 0 Å². The Hall–Kier alpha value is -2.75. The summed E-state index contributed by atoms with van der Waals surface area (Å²) in [5.41, 5.74) is 1.69. The number of anilines is 2. The fraction of sp³-hybridized carbons (Fsp3) is 0.500. The third-order valence-electron chi connectivity index (χ3n) is 5.20. The third-order valence-corrected chi connectivity index (χ3v) is 5.20. The topological polar surface area (TPSA) is 81.8 Å². The van der Waals surface area contributed by atoms with E-state index in [0.29, 0.717) is 23.3 Å². The lowest BCUT2D eigenvalue weighted by molar-refractivity contribution is 0.533. The van der Waals surface area contributed by atoms with Gasteiger partial charge < -0.3 is 9.80 Å². The van der Waals surface area contributed by atoms with Gasteiger partial charge in [0.15, 0.2) is 5.82 Å². The lowest BCUT2D eigenvalue weighted by Crippen LogP contribution is -2.30. The van der Waals surface area contributed by atoms with Gasteiger partial charge in [0.1, 0.15) is 18.2 Å². The first kappa shape index (κ1) is 15.8. The predicted octanol–water partition coefficient (Wildman–Crippen LogP) is 1.83. The van der Waals surface area contributed by atoms with Crippen LogP contribution in [0.25, 0.3) is 0 Å². The van der Waals surface area contributed by atoms with Gasteiger partial charge in [0, 0.05) is 49.8 Å². The zero-order chi connectivity index (χ0) is 17.4. The van der Waals surface area contributed by atoms with Crippen LogP contribution >= 0.6 is 0 Å². The molecule has 2 saturated heterocycles. The summed E-state index contributed by atoms with van der Waals surface area (Å²) in [6.45, 7) is 8.09. The SMILES string of the molecule is CC(C)c1cc(N2CC3CN(c4nnccc4C#N)CC3C2)ncn1. The van der Waals surface area contributed by atoms with Crippen molar-refractivity contribution >= 4 is 11.6 Å². The highest BCUT2D eigenvalue weighted by atomic mass is 15.3. The van der Waals surface area contributed by atoms with E-state index in [-0.39, 0.29) is 0 Å². The molecule has 0 aromatic carbocycles. The van der Waals surface area contributed by atoms with E-state index in [1.807, 2.05) is 0 Å². The van der Waals surface area contributed by atoms with Gasteiger partial charge in [-0.1, -0.05) is 13.8 Å². The predicted molar refractivity (Wildman–Crippen MR) is 94.3 cm³/mol. The van der Waals surface area contributed by atoms with Crippen molar-refractivity contribution in [3.63, 3.8) is 0 Å². The van der Waals surface area contributed by atoms with Crippen LogP contribution in [-0.2, 0) is 0 Å². The minimum atomic E-state index is 0.403. The second kappa shape index (κ2) is 6.28. The Morgan fingerprint density at radius 3 is 2.52 bits per heavy atom. The van der Waals surface area contributed by atoms with Crippen LogP contribution < -0.4 is 9.80 Å². The van der Waals surface area contributed by atoms with Gasteiger partial charge in [0.2, 0.25) is 0 Å². The molecule has 2 unspecified atom stereocenters. The number of hydrogen-bond acceptors (Lipinski definition) is 7. The van der Waals surface area contributed by atoms with Gasteiger partial charge in [-0.3, -0.25) is 0 Å². The van der Waals surface area contributed by atoms with Crippen LogP contribution in [0.4, 0.5) is 11.6 Å². The molecule has 0 saturated carbocycles. The number of hydrogen-bond donors (Lipinski definition) is 0. The van der Waals surface area contributed by atoms with Crippen LogP contribution in [0.1, 0.15) is 31.0 Å². The average molecular weight is 335 g/mol. The molecule has 4 heterocycles. The van der Waals surface area contributed by atoms with E-state index >= 15 is 0 Å². The molecule has 0 amide bonds. The van der Waals surface area contributed by atoms with Crippen molar-refractivity contribution in [3.05, 3.63) is 35.9 Å². The van der Waals surface area contributed by atoms with Gasteiger partial charge in [-0.15, -0.1) is 5.10 Å². The average Bonchev–Trinajstić information content (AvgIpc) is 3.21. The number of fused-ring (bicyclic) bond motifs is 1. The van der Waals surface area contributed by atoms with Crippen molar-refractivity contribution in [1.29, 1.82) is 5.26 Å². The van der Waals surface area contributed by atoms with Crippen molar-refractivity contribution in [3.8, 4) is 6.07 Å². The van der Waals surface area contributed by atoms with Gasteiger partial charge in [-0.2, -0.15) is 10.4 Å². The summed E-state index contributed by atoms with van der Waals surface area (Å²) in [4.78, 5) is 13.4. The molecule has 0 bridgehead atoms. The molecular weight excluding hydrogens is 314 g/mol. The van der Waals surface area contributed by atoms with Crippen LogP contribution in [0, 0.1) is 23.2 Å². The molecule has 25 heavy (non-hydrogen) atoms. The molecule has 128 valence electrons. The second-order valence-corrected chi connectivity index (χ2v) is 7.17. The molecule has 7 heteroatoms. The van der Waals surface area contributed by atoms with E-state index in [1.165, 1.54) is 0 Å². The van der Waals surface area contributed by atoms with Crippen molar-refractivity contribution in [1.82, 2.24) is 20.2 Å². The minimum Gasteiger partial charge on any atom is -0.356 e. The minimum absolute atomic E-state index is 0.403. The Labute approximate surface area is 147 Å². The maximum Gasteiger partial charge on any atom is 0.169 e.